The van der Waals surface area contributed by atoms with E-state index in [1.807, 2.05) is 6.92 Å². The summed E-state index contributed by atoms with van der Waals surface area (Å²) < 4.78 is 32.2. The fourth-order valence-corrected chi connectivity index (χ4v) is 3.69. The minimum Gasteiger partial charge on any atom is -0.447 e. The number of rotatable bonds is 6. The van der Waals surface area contributed by atoms with Crippen molar-refractivity contribution >= 4 is 21.4 Å². The molecule has 2 rings (SSSR count). The van der Waals surface area contributed by atoms with E-state index in [1.54, 1.807) is 26.2 Å². The van der Waals surface area contributed by atoms with E-state index in [4.69, 9.17) is 4.42 Å². The summed E-state index contributed by atoms with van der Waals surface area (Å²) in [6.07, 6.45) is 1.72. The molecule has 2 heterocycles. The van der Waals surface area contributed by atoms with Gasteiger partial charge in [0.05, 0.1) is 12.6 Å². The third-order valence-electron chi connectivity index (χ3n) is 2.59. The van der Waals surface area contributed by atoms with Crippen LogP contribution in [0.25, 0.3) is 0 Å². The number of nitrogens with zero attached hydrogens (tertiary/aromatic N) is 1. The van der Waals surface area contributed by atoms with E-state index in [9.17, 15) is 8.42 Å². The van der Waals surface area contributed by atoms with Crippen molar-refractivity contribution < 1.29 is 12.8 Å². The monoisotopic (exact) mass is 315 g/mol. The largest absolute Gasteiger partial charge is 0.447 e. The fraction of sp³-hybridized carbons (Fsp3) is 0.417. The molecule has 0 aromatic carbocycles. The van der Waals surface area contributed by atoms with E-state index >= 15 is 0 Å². The van der Waals surface area contributed by atoms with Gasteiger partial charge in [-0.1, -0.05) is 0 Å². The number of aromatic nitrogens is 1. The molecular weight excluding hydrogens is 298 g/mol. The Bertz CT molecular complexity index is 676. The van der Waals surface area contributed by atoms with Gasteiger partial charge >= 0.3 is 0 Å². The normalized spacial score (nSPS) is 13.6. The first-order chi connectivity index (χ1) is 9.42. The molecule has 110 valence electrons. The summed E-state index contributed by atoms with van der Waals surface area (Å²) >= 11 is 1.47. The topological polar surface area (TPSA) is 84.2 Å². The highest BCUT2D eigenvalue weighted by Crippen LogP contribution is 2.22. The molecular formula is C12H17N3O3S2. The van der Waals surface area contributed by atoms with Crippen molar-refractivity contribution in [2.75, 3.05) is 7.05 Å². The van der Waals surface area contributed by atoms with Gasteiger partial charge in [0.2, 0.25) is 5.09 Å². The first-order valence-electron chi connectivity index (χ1n) is 6.10. The molecule has 0 spiro atoms. The average Bonchev–Trinajstić information content (AvgIpc) is 2.98. The zero-order chi connectivity index (χ0) is 14.8. The minimum atomic E-state index is -3.67. The molecule has 0 saturated carbocycles. The van der Waals surface area contributed by atoms with Crippen LogP contribution in [0.4, 0.5) is 0 Å². The molecule has 2 aromatic rings. The first-order valence-corrected chi connectivity index (χ1v) is 8.40. The van der Waals surface area contributed by atoms with Crippen molar-refractivity contribution in [3.63, 3.8) is 0 Å². The highest BCUT2D eigenvalue weighted by atomic mass is 32.2. The maximum absolute atomic E-state index is 12.2. The summed E-state index contributed by atoms with van der Waals surface area (Å²) in [6.45, 7) is 4.17. The number of hydrogen-bond acceptors (Lipinski definition) is 6. The summed E-state index contributed by atoms with van der Waals surface area (Å²) in [5.74, 6) is 0.575. The van der Waals surface area contributed by atoms with Crippen LogP contribution in [0.1, 0.15) is 28.6 Å². The van der Waals surface area contributed by atoms with Crippen LogP contribution in [0.15, 0.2) is 27.8 Å². The zero-order valence-electron chi connectivity index (χ0n) is 11.5. The highest BCUT2D eigenvalue weighted by molar-refractivity contribution is 7.89. The van der Waals surface area contributed by atoms with E-state index in [0.717, 1.165) is 9.88 Å². The van der Waals surface area contributed by atoms with E-state index < -0.39 is 16.1 Å². The third kappa shape index (κ3) is 3.45. The smallest absolute Gasteiger partial charge is 0.274 e. The molecule has 0 amide bonds. The van der Waals surface area contributed by atoms with Crippen molar-refractivity contribution in [3.8, 4) is 0 Å². The second-order valence-electron chi connectivity index (χ2n) is 4.40. The van der Waals surface area contributed by atoms with Crippen LogP contribution < -0.4 is 10.0 Å². The Labute approximate surface area is 122 Å². The SMILES string of the molecule is CNCc1ccc(S(=O)(=O)NC(C)c2ncc(C)s2)o1. The van der Waals surface area contributed by atoms with Crippen molar-refractivity contribution in [2.24, 2.45) is 0 Å². The van der Waals surface area contributed by atoms with Gasteiger partial charge in [-0.2, -0.15) is 4.72 Å². The molecule has 0 fully saturated rings. The van der Waals surface area contributed by atoms with E-state index in [0.29, 0.717) is 12.3 Å². The molecule has 8 heteroatoms. The maximum Gasteiger partial charge on any atom is 0.274 e. The van der Waals surface area contributed by atoms with Crippen molar-refractivity contribution in [3.05, 3.63) is 34.0 Å². The zero-order valence-corrected chi connectivity index (χ0v) is 13.1. The highest BCUT2D eigenvalue weighted by Gasteiger charge is 2.23. The van der Waals surface area contributed by atoms with E-state index in [1.165, 1.54) is 17.4 Å². The number of sulfonamides is 1. The summed E-state index contributed by atoms with van der Waals surface area (Å²) in [6, 6.07) is 2.70. The molecule has 6 nitrogen and oxygen atoms in total. The van der Waals surface area contributed by atoms with Crippen LogP contribution in [-0.4, -0.2) is 20.4 Å². The molecule has 0 saturated heterocycles. The van der Waals surface area contributed by atoms with Crippen LogP contribution in [0, 0.1) is 6.92 Å². The Morgan fingerprint density at radius 3 is 2.80 bits per heavy atom. The molecule has 20 heavy (non-hydrogen) atoms. The summed E-state index contributed by atoms with van der Waals surface area (Å²) in [5, 5.41) is 3.55. The van der Waals surface area contributed by atoms with Crippen molar-refractivity contribution in [1.29, 1.82) is 0 Å². The molecule has 0 aliphatic heterocycles. The third-order valence-corrected chi connectivity index (χ3v) is 5.10. The Balaban J connectivity index is 2.13. The number of furan rings is 1. The maximum atomic E-state index is 12.2. The summed E-state index contributed by atoms with van der Waals surface area (Å²) in [4.78, 5) is 5.22. The molecule has 0 aliphatic rings. The molecule has 2 aromatic heterocycles. The number of nitrogens with one attached hydrogen (secondary N) is 2. The quantitative estimate of drug-likeness (QED) is 0.849. The Morgan fingerprint density at radius 2 is 2.20 bits per heavy atom. The Hall–Kier alpha value is -1.22. The molecule has 0 bridgehead atoms. The second kappa shape index (κ2) is 6.04. The predicted octanol–water partition coefficient (Wildman–Crippen LogP) is 1.80. The van der Waals surface area contributed by atoms with Gasteiger partial charge in [0.1, 0.15) is 10.8 Å². The summed E-state index contributed by atoms with van der Waals surface area (Å²) in [7, 11) is -1.91. The molecule has 1 atom stereocenters. The Kier molecular flexibility index (Phi) is 4.59. The lowest BCUT2D eigenvalue weighted by Crippen LogP contribution is -2.26. The van der Waals surface area contributed by atoms with Gasteiger partial charge in [-0.15, -0.1) is 11.3 Å². The predicted molar refractivity (Wildman–Crippen MR) is 77.1 cm³/mol. The van der Waals surface area contributed by atoms with Gasteiger partial charge < -0.3 is 9.73 Å². The van der Waals surface area contributed by atoms with E-state index in [2.05, 4.69) is 15.0 Å². The lowest BCUT2D eigenvalue weighted by Gasteiger charge is -2.10. The Morgan fingerprint density at radius 1 is 1.45 bits per heavy atom. The minimum absolute atomic E-state index is 0.0807. The average molecular weight is 315 g/mol. The van der Waals surface area contributed by atoms with Gasteiger partial charge in [-0.3, -0.25) is 0 Å². The van der Waals surface area contributed by atoms with Gasteiger partial charge in [0.25, 0.3) is 10.0 Å². The van der Waals surface area contributed by atoms with Gasteiger partial charge in [-0.25, -0.2) is 13.4 Å². The van der Waals surface area contributed by atoms with Crippen molar-refractivity contribution in [2.45, 2.75) is 31.5 Å². The number of aryl methyl sites for hydroxylation is 1. The number of hydrogen-bond donors (Lipinski definition) is 2. The van der Waals surface area contributed by atoms with Gasteiger partial charge in [-0.05, 0) is 33.0 Å². The molecule has 1 unspecified atom stereocenters. The lowest BCUT2D eigenvalue weighted by atomic mass is 10.4. The first kappa shape index (κ1) is 15.2. The van der Waals surface area contributed by atoms with Crippen LogP contribution in [0.3, 0.4) is 0 Å². The van der Waals surface area contributed by atoms with Gasteiger partial charge in [0.15, 0.2) is 0 Å². The van der Waals surface area contributed by atoms with E-state index in [-0.39, 0.29) is 5.09 Å². The van der Waals surface area contributed by atoms with Crippen LogP contribution >= 0.6 is 11.3 Å². The van der Waals surface area contributed by atoms with Crippen LogP contribution in [0.2, 0.25) is 0 Å². The fourth-order valence-electron chi connectivity index (χ4n) is 1.69. The van der Waals surface area contributed by atoms with Crippen molar-refractivity contribution in [1.82, 2.24) is 15.0 Å². The molecule has 0 radical (unpaired) electrons. The summed E-state index contributed by atoms with van der Waals surface area (Å²) in [5.41, 5.74) is 0. The molecule has 2 N–H and O–H groups in total. The van der Waals surface area contributed by atoms with Gasteiger partial charge in [0, 0.05) is 11.1 Å². The second-order valence-corrected chi connectivity index (χ2v) is 7.31. The lowest BCUT2D eigenvalue weighted by molar-refractivity contribution is 0.403. The van der Waals surface area contributed by atoms with Crippen LogP contribution in [0.5, 0.6) is 0 Å². The van der Waals surface area contributed by atoms with Crippen LogP contribution in [-0.2, 0) is 16.6 Å². The molecule has 0 aliphatic carbocycles. The number of thiazole rings is 1. The standard InChI is InChI=1S/C12H17N3O3S2/c1-8-6-14-12(19-8)9(2)15-20(16,17)11-5-4-10(18-11)7-13-3/h4-6,9,13,15H,7H2,1-3H3.